The lowest BCUT2D eigenvalue weighted by atomic mass is 10.0. The SMILES string of the molecule is N#Cc1cnc(C(=O)Nc2ccc(N)c(C(=N)c3ccoc3)c2)c(F)c1. The Kier molecular flexibility index (Phi) is 4.45. The number of nitrogens with one attached hydrogen (secondary N) is 2. The van der Waals surface area contributed by atoms with Crippen LogP contribution in [-0.2, 0) is 0 Å². The van der Waals surface area contributed by atoms with Gasteiger partial charge in [0.05, 0.1) is 23.8 Å². The minimum atomic E-state index is -0.900. The van der Waals surface area contributed by atoms with E-state index >= 15 is 0 Å². The second-order valence-electron chi connectivity index (χ2n) is 5.31. The van der Waals surface area contributed by atoms with Crippen molar-refractivity contribution in [3.05, 3.63) is 77.3 Å². The zero-order valence-corrected chi connectivity index (χ0v) is 13.3. The van der Waals surface area contributed by atoms with Crippen LogP contribution in [0.2, 0.25) is 0 Å². The number of aromatic nitrogens is 1. The molecule has 0 bridgehead atoms. The Bertz CT molecular complexity index is 1040. The summed E-state index contributed by atoms with van der Waals surface area (Å²) in [5, 5.41) is 19.4. The third-order valence-corrected chi connectivity index (χ3v) is 3.58. The normalized spacial score (nSPS) is 10.2. The van der Waals surface area contributed by atoms with Gasteiger partial charge in [-0.3, -0.25) is 10.2 Å². The zero-order valence-electron chi connectivity index (χ0n) is 13.3. The van der Waals surface area contributed by atoms with Crippen molar-refractivity contribution in [1.82, 2.24) is 4.98 Å². The number of nitriles is 1. The first-order chi connectivity index (χ1) is 12.5. The van der Waals surface area contributed by atoms with E-state index in [9.17, 15) is 9.18 Å². The number of hydrogen-bond acceptors (Lipinski definition) is 6. The first kappa shape index (κ1) is 16.9. The van der Waals surface area contributed by atoms with Gasteiger partial charge in [0.1, 0.15) is 6.07 Å². The van der Waals surface area contributed by atoms with E-state index in [-0.39, 0.29) is 11.3 Å². The number of nitrogen functional groups attached to an aromatic ring is 1. The summed E-state index contributed by atoms with van der Waals surface area (Å²) in [6, 6.07) is 8.86. The van der Waals surface area contributed by atoms with Crippen LogP contribution >= 0.6 is 0 Å². The van der Waals surface area contributed by atoms with Crippen LogP contribution in [0.5, 0.6) is 0 Å². The summed E-state index contributed by atoms with van der Waals surface area (Å²) >= 11 is 0. The topological polar surface area (TPSA) is 129 Å². The van der Waals surface area contributed by atoms with Gasteiger partial charge in [-0.25, -0.2) is 9.37 Å². The molecule has 8 heteroatoms. The summed E-state index contributed by atoms with van der Waals surface area (Å²) in [6.45, 7) is 0. The van der Waals surface area contributed by atoms with Crippen molar-refractivity contribution in [3.8, 4) is 6.07 Å². The number of pyridine rings is 1. The lowest BCUT2D eigenvalue weighted by Gasteiger charge is -2.10. The number of rotatable bonds is 4. The van der Waals surface area contributed by atoms with Crippen molar-refractivity contribution in [3.63, 3.8) is 0 Å². The smallest absolute Gasteiger partial charge is 0.277 e. The summed E-state index contributed by atoms with van der Waals surface area (Å²) in [4.78, 5) is 15.9. The molecule has 1 aromatic carbocycles. The molecule has 0 aliphatic rings. The Hall–Kier alpha value is -3.99. The van der Waals surface area contributed by atoms with Gasteiger partial charge in [-0.1, -0.05) is 0 Å². The molecule has 26 heavy (non-hydrogen) atoms. The fourth-order valence-electron chi connectivity index (χ4n) is 2.27. The molecular weight excluding hydrogens is 337 g/mol. The highest BCUT2D eigenvalue weighted by atomic mass is 19.1. The lowest BCUT2D eigenvalue weighted by molar-refractivity contribution is 0.101. The summed E-state index contributed by atoms with van der Waals surface area (Å²) in [5.41, 5.74) is 7.18. The molecule has 0 fully saturated rings. The minimum Gasteiger partial charge on any atom is -0.472 e. The predicted molar refractivity (Wildman–Crippen MR) is 92.4 cm³/mol. The summed E-state index contributed by atoms with van der Waals surface area (Å²) in [7, 11) is 0. The minimum absolute atomic E-state index is 0.0161. The van der Waals surface area contributed by atoms with Gasteiger partial charge >= 0.3 is 0 Å². The molecule has 0 aliphatic heterocycles. The Labute approximate surface area is 147 Å². The van der Waals surface area contributed by atoms with Crippen molar-refractivity contribution in [2.45, 2.75) is 0 Å². The van der Waals surface area contributed by atoms with Crippen molar-refractivity contribution in [2.24, 2.45) is 0 Å². The molecule has 2 heterocycles. The van der Waals surface area contributed by atoms with Gasteiger partial charge in [0.2, 0.25) is 0 Å². The number of anilines is 2. The lowest BCUT2D eigenvalue weighted by Crippen LogP contribution is -2.16. The maximum atomic E-state index is 13.9. The Morgan fingerprint density at radius 1 is 1.35 bits per heavy atom. The van der Waals surface area contributed by atoms with Gasteiger partial charge in [0.25, 0.3) is 5.91 Å². The van der Waals surface area contributed by atoms with Crippen molar-refractivity contribution >= 4 is 23.0 Å². The molecular formula is C18H12FN5O2. The van der Waals surface area contributed by atoms with Gasteiger partial charge in [0.15, 0.2) is 11.5 Å². The quantitative estimate of drug-likeness (QED) is 0.492. The van der Waals surface area contributed by atoms with E-state index in [1.807, 2.05) is 0 Å². The predicted octanol–water partition coefficient (Wildman–Crippen LogP) is 2.94. The van der Waals surface area contributed by atoms with Crippen LogP contribution < -0.4 is 11.1 Å². The Morgan fingerprint density at radius 3 is 2.81 bits per heavy atom. The molecule has 0 spiro atoms. The van der Waals surface area contributed by atoms with Crippen molar-refractivity contribution in [1.29, 1.82) is 10.7 Å². The van der Waals surface area contributed by atoms with Crippen molar-refractivity contribution in [2.75, 3.05) is 11.1 Å². The van der Waals surface area contributed by atoms with E-state index in [0.717, 1.165) is 12.3 Å². The average Bonchev–Trinajstić information content (AvgIpc) is 3.17. The molecule has 4 N–H and O–H groups in total. The second-order valence-corrected chi connectivity index (χ2v) is 5.31. The van der Waals surface area contributed by atoms with E-state index < -0.39 is 17.4 Å². The van der Waals surface area contributed by atoms with Crippen LogP contribution in [-0.4, -0.2) is 16.6 Å². The molecule has 0 radical (unpaired) electrons. The highest BCUT2D eigenvalue weighted by molar-refractivity contribution is 6.14. The van der Waals surface area contributed by atoms with Crippen LogP contribution in [0.4, 0.5) is 15.8 Å². The molecule has 128 valence electrons. The fourth-order valence-corrected chi connectivity index (χ4v) is 2.27. The maximum Gasteiger partial charge on any atom is 0.277 e. The van der Waals surface area contributed by atoms with E-state index in [2.05, 4.69) is 10.3 Å². The number of furan rings is 1. The number of hydrogen-bond donors (Lipinski definition) is 3. The van der Waals surface area contributed by atoms with Gasteiger partial charge in [-0.2, -0.15) is 5.26 Å². The summed E-state index contributed by atoms with van der Waals surface area (Å²) < 4.78 is 18.9. The van der Waals surface area contributed by atoms with E-state index in [4.69, 9.17) is 20.8 Å². The number of nitrogens with two attached hydrogens (primary N) is 1. The van der Waals surface area contributed by atoms with Crippen LogP contribution in [0, 0.1) is 22.6 Å². The molecule has 0 unspecified atom stereocenters. The zero-order chi connectivity index (χ0) is 18.7. The molecule has 0 aliphatic carbocycles. The molecule has 7 nitrogen and oxygen atoms in total. The molecule has 3 rings (SSSR count). The van der Waals surface area contributed by atoms with Gasteiger partial charge < -0.3 is 15.5 Å². The van der Waals surface area contributed by atoms with Crippen LogP contribution in [0.15, 0.2) is 53.5 Å². The Balaban J connectivity index is 1.87. The summed E-state index contributed by atoms with van der Waals surface area (Å²) in [6.07, 6.45) is 3.95. The molecule has 0 saturated heterocycles. The fraction of sp³-hybridized carbons (Fsp3) is 0. The van der Waals surface area contributed by atoms with Crippen LogP contribution in [0.25, 0.3) is 0 Å². The molecule has 0 atom stereocenters. The van der Waals surface area contributed by atoms with Gasteiger partial charge in [-0.05, 0) is 30.3 Å². The van der Waals surface area contributed by atoms with Crippen LogP contribution in [0.3, 0.4) is 0 Å². The maximum absolute atomic E-state index is 13.9. The number of benzene rings is 1. The standard InChI is InChI=1S/C18H12FN5O2/c19-14-5-10(7-20)8-23-17(14)18(25)24-12-1-2-15(21)13(6-12)16(22)11-3-4-26-9-11/h1-6,8-9,22H,21H2,(H,24,25). The molecule has 1 amide bonds. The number of nitrogens with zero attached hydrogens (tertiary/aromatic N) is 2. The second kappa shape index (κ2) is 6.86. The highest BCUT2D eigenvalue weighted by Crippen LogP contribution is 2.22. The molecule has 2 aromatic heterocycles. The molecule has 0 saturated carbocycles. The number of halogens is 1. The first-order valence-electron chi connectivity index (χ1n) is 7.37. The summed E-state index contributed by atoms with van der Waals surface area (Å²) in [5.74, 6) is -1.68. The first-order valence-corrected chi connectivity index (χ1v) is 7.37. The highest BCUT2D eigenvalue weighted by Gasteiger charge is 2.16. The number of amides is 1. The van der Waals surface area contributed by atoms with E-state index in [1.54, 1.807) is 12.1 Å². The van der Waals surface area contributed by atoms with Gasteiger partial charge in [-0.15, -0.1) is 0 Å². The van der Waals surface area contributed by atoms with E-state index in [1.165, 1.54) is 30.7 Å². The van der Waals surface area contributed by atoms with Crippen molar-refractivity contribution < 1.29 is 13.6 Å². The van der Waals surface area contributed by atoms with Crippen LogP contribution in [0.1, 0.15) is 27.2 Å². The molecule has 3 aromatic rings. The third-order valence-electron chi connectivity index (χ3n) is 3.58. The largest absolute Gasteiger partial charge is 0.472 e. The van der Waals surface area contributed by atoms with E-state index in [0.29, 0.717) is 22.5 Å². The number of carbonyl (C=O) groups excluding carboxylic acids is 1. The van der Waals surface area contributed by atoms with Gasteiger partial charge in [0, 0.05) is 28.7 Å². The monoisotopic (exact) mass is 349 g/mol. The Morgan fingerprint density at radius 2 is 2.15 bits per heavy atom. The number of carbonyl (C=O) groups is 1. The third kappa shape index (κ3) is 3.27. The average molecular weight is 349 g/mol.